The summed E-state index contributed by atoms with van der Waals surface area (Å²) in [6, 6.07) is 5.62. The molecule has 1 aliphatic carbocycles. The van der Waals surface area contributed by atoms with E-state index in [9.17, 15) is 9.90 Å². The number of carboxylic acids is 1. The van der Waals surface area contributed by atoms with Gasteiger partial charge in [0.1, 0.15) is 5.60 Å². The molecule has 0 fully saturated rings. The number of aryl methyl sites for hydroxylation is 1. The van der Waals surface area contributed by atoms with Crippen molar-refractivity contribution < 1.29 is 15.0 Å². The van der Waals surface area contributed by atoms with E-state index >= 15 is 0 Å². The number of hydrogen-bond acceptors (Lipinski definition) is 2. The highest BCUT2D eigenvalue weighted by atomic mass is 79.9. The zero-order chi connectivity index (χ0) is 11.8. The van der Waals surface area contributed by atoms with Gasteiger partial charge in [-0.2, -0.15) is 0 Å². The SMILES string of the molecule is O=C(O)CC1(O)CCCc2cc(Br)ccc21. The van der Waals surface area contributed by atoms with E-state index in [2.05, 4.69) is 15.9 Å². The molecule has 16 heavy (non-hydrogen) atoms. The van der Waals surface area contributed by atoms with Crippen LogP contribution < -0.4 is 0 Å². The maximum absolute atomic E-state index is 10.8. The second-order valence-electron chi connectivity index (χ2n) is 4.26. The fourth-order valence-electron chi connectivity index (χ4n) is 2.36. The molecule has 4 heteroatoms. The number of hydrogen-bond donors (Lipinski definition) is 2. The molecule has 86 valence electrons. The van der Waals surface area contributed by atoms with Gasteiger partial charge >= 0.3 is 5.97 Å². The molecule has 1 aliphatic rings. The summed E-state index contributed by atoms with van der Waals surface area (Å²) in [6.07, 6.45) is 2.03. The van der Waals surface area contributed by atoms with Crippen molar-refractivity contribution >= 4 is 21.9 Å². The van der Waals surface area contributed by atoms with Crippen molar-refractivity contribution in [2.45, 2.75) is 31.3 Å². The van der Waals surface area contributed by atoms with Crippen LogP contribution in [-0.2, 0) is 16.8 Å². The van der Waals surface area contributed by atoms with Crippen LogP contribution in [0.5, 0.6) is 0 Å². The molecule has 0 radical (unpaired) electrons. The molecule has 0 spiro atoms. The number of carbonyl (C=O) groups is 1. The molecule has 3 nitrogen and oxygen atoms in total. The molecule has 0 heterocycles. The summed E-state index contributed by atoms with van der Waals surface area (Å²) in [5.74, 6) is -0.960. The lowest BCUT2D eigenvalue weighted by Gasteiger charge is -2.33. The van der Waals surface area contributed by atoms with Crippen LogP contribution >= 0.6 is 15.9 Å². The molecule has 1 aromatic rings. The van der Waals surface area contributed by atoms with E-state index in [4.69, 9.17) is 5.11 Å². The Morgan fingerprint density at radius 1 is 1.50 bits per heavy atom. The standard InChI is InChI=1S/C12H13BrO3/c13-9-3-4-10-8(6-9)2-1-5-12(10,16)7-11(14)15/h3-4,6,16H,1-2,5,7H2,(H,14,15). The molecular formula is C12H13BrO3. The van der Waals surface area contributed by atoms with Crippen LogP contribution in [0.4, 0.5) is 0 Å². The van der Waals surface area contributed by atoms with E-state index in [-0.39, 0.29) is 6.42 Å². The van der Waals surface area contributed by atoms with Crippen molar-refractivity contribution in [3.05, 3.63) is 33.8 Å². The van der Waals surface area contributed by atoms with Gasteiger partial charge in [0.2, 0.25) is 0 Å². The summed E-state index contributed by atoms with van der Waals surface area (Å²) in [6.45, 7) is 0. The average molecular weight is 285 g/mol. The highest BCUT2D eigenvalue weighted by molar-refractivity contribution is 9.10. The number of carboxylic acid groups (broad SMARTS) is 1. The van der Waals surface area contributed by atoms with E-state index in [1.54, 1.807) is 0 Å². The van der Waals surface area contributed by atoms with Gasteiger partial charge in [0, 0.05) is 4.47 Å². The molecule has 1 atom stereocenters. The molecule has 0 aliphatic heterocycles. The van der Waals surface area contributed by atoms with Gasteiger partial charge in [-0.05, 0) is 42.5 Å². The van der Waals surface area contributed by atoms with Gasteiger partial charge in [-0.25, -0.2) is 0 Å². The highest BCUT2D eigenvalue weighted by Gasteiger charge is 2.36. The Labute approximate surface area is 102 Å². The number of benzene rings is 1. The second-order valence-corrected chi connectivity index (χ2v) is 5.17. The van der Waals surface area contributed by atoms with Gasteiger partial charge in [0.05, 0.1) is 6.42 Å². The highest BCUT2D eigenvalue weighted by Crippen LogP contribution is 2.38. The van der Waals surface area contributed by atoms with Crippen molar-refractivity contribution in [3.63, 3.8) is 0 Å². The van der Waals surface area contributed by atoms with Crippen LogP contribution in [0.1, 0.15) is 30.4 Å². The third kappa shape index (κ3) is 2.13. The molecule has 0 saturated heterocycles. The molecule has 0 amide bonds. The predicted molar refractivity (Wildman–Crippen MR) is 63.2 cm³/mol. The normalized spacial score (nSPS) is 23.9. The molecule has 0 saturated carbocycles. The van der Waals surface area contributed by atoms with Crippen LogP contribution in [0.2, 0.25) is 0 Å². The fraction of sp³-hybridized carbons (Fsp3) is 0.417. The Balaban J connectivity index is 2.43. The number of fused-ring (bicyclic) bond motifs is 1. The van der Waals surface area contributed by atoms with Crippen molar-refractivity contribution in [2.75, 3.05) is 0 Å². The van der Waals surface area contributed by atoms with Crippen LogP contribution in [-0.4, -0.2) is 16.2 Å². The van der Waals surface area contributed by atoms with E-state index < -0.39 is 11.6 Å². The van der Waals surface area contributed by atoms with Gasteiger partial charge in [0.15, 0.2) is 0 Å². The zero-order valence-electron chi connectivity index (χ0n) is 8.74. The average Bonchev–Trinajstić information content (AvgIpc) is 2.15. The lowest BCUT2D eigenvalue weighted by atomic mass is 9.77. The molecule has 2 rings (SSSR count). The molecule has 0 aromatic heterocycles. The third-order valence-corrected chi connectivity index (χ3v) is 3.54. The summed E-state index contributed by atoms with van der Waals surface area (Å²) in [5, 5.41) is 19.2. The van der Waals surface area contributed by atoms with Crippen molar-refractivity contribution in [1.82, 2.24) is 0 Å². The van der Waals surface area contributed by atoms with Crippen molar-refractivity contribution in [3.8, 4) is 0 Å². The lowest BCUT2D eigenvalue weighted by Crippen LogP contribution is -2.33. The summed E-state index contributed by atoms with van der Waals surface area (Å²) in [7, 11) is 0. The second kappa shape index (κ2) is 4.18. The first-order chi connectivity index (χ1) is 7.51. The Hall–Kier alpha value is -0.870. The summed E-state index contributed by atoms with van der Waals surface area (Å²) in [5.41, 5.74) is 0.619. The first-order valence-corrected chi connectivity index (χ1v) is 6.04. The number of aliphatic hydroxyl groups is 1. The van der Waals surface area contributed by atoms with Gasteiger partial charge in [0.25, 0.3) is 0 Å². The molecule has 1 unspecified atom stereocenters. The fourth-order valence-corrected chi connectivity index (χ4v) is 2.77. The van der Waals surface area contributed by atoms with E-state index in [1.165, 1.54) is 0 Å². The monoisotopic (exact) mass is 284 g/mol. The predicted octanol–water partition coefficient (Wildman–Crippen LogP) is 2.45. The maximum Gasteiger partial charge on any atom is 0.306 e. The van der Waals surface area contributed by atoms with Crippen LogP contribution in [0.3, 0.4) is 0 Å². The van der Waals surface area contributed by atoms with E-state index in [1.807, 2.05) is 18.2 Å². The van der Waals surface area contributed by atoms with Gasteiger partial charge in [-0.15, -0.1) is 0 Å². The van der Waals surface area contributed by atoms with Gasteiger partial charge in [-0.3, -0.25) is 4.79 Å². The van der Waals surface area contributed by atoms with Crippen molar-refractivity contribution in [1.29, 1.82) is 0 Å². The third-order valence-electron chi connectivity index (χ3n) is 3.05. The minimum absolute atomic E-state index is 0.221. The largest absolute Gasteiger partial charge is 0.481 e. The van der Waals surface area contributed by atoms with Crippen LogP contribution in [0.15, 0.2) is 22.7 Å². The Bertz CT molecular complexity index is 430. The Morgan fingerprint density at radius 3 is 2.94 bits per heavy atom. The van der Waals surface area contributed by atoms with Crippen LogP contribution in [0, 0.1) is 0 Å². The quantitative estimate of drug-likeness (QED) is 0.877. The molecule has 0 bridgehead atoms. The first kappa shape index (κ1) is 11.6. The number of rotatable bonds is 2. The lowest BCUT2D eigenvalue weighted by molar-refractivity contribution is -0.143. The maximum atomic E-state index is 10.8. The Kier molecular flexibility index (Phi) is 3.04. The number of halogens is 1. The summed E-state index contributed by atoms with van der Waals surface area (Å²) in [4.78, 5) is 10.8. The smallest absolute Gasteiger partial charge is 0.306 e. The minimum atomic E-state index is -1.19. The van der Waals surface area contributed by atoms with Crippen molar-refractivity contribution in [2.24, 2.45) is 0 Å². The summed E-state index contributed by atoms with van der Waals surface area (Å²) < 4.78 is 0.964. The Morgan fingerprint density at radius 2 is 2.25 bits per heavy atom. The van der Waals surface area contributed by atoms with Gasteiger partial charge in [-0.1, -0.05) is 22.0 Å². The minimum Gasteiger partial charge on any atom is -0.481 e. The zero-order valence-corrected chi connectivity index (χ0v) is 10.3. The molecular weight excluding hydrogens is 272 g/mol. The van der Waals surface area contributed by atoms with Crippen LogP contribution in [0.25, 0.3) is 0 Å². The molecule has 2 N–H and O–H groups in total. The summed E-state index contributed by atoms with van der Waals surface area (Å²) >= 11 is 3.38. The molecule has 1 aromatic carbocycles. The van der Waals surface area contributed by atoms with E-state index in [0.717, 1.165) is 28.4 Å². The number of aliphatic carboxylic acids is 1. The topological polar surface area (TPSA) is 57.5 Å². The van der Waals surface area contributed by atoms with E-state index in [0.29, 0.717) is 6.42 Å². The first-order valence-electron chi connectivity index (χ1n) is 5.24. The van der Waals surface area contributed by atoms with Gasteiger partial charge < -0.3 is 10.2 Å².